The van der Waals surface area contributed by atoms with Crippen LogP contribution in [0, 0.1) is 17.8 Å². The fourth-order valence-electron chi connectivity index (χ4n) is 7.38. The second-order valence-corrected chi connectivity index (χ2v) is 19.2. The van der Waals surface area contributed by atoms with Gasteiger partial charge in [0.1, 0.15) is 60.1 Å². The van der Waals surface area contributed by atoms with Crippen LogP contribution < -0.4 is 48.3 Å². The lowest BCUT2D eigenvalue weighted by Gasteiger charge is -2.30. The maximum atomic E-state index is 14.2. The zero-order valence-corrected chi connectivity index (χ0v) is 43.3. The molecule has 0 aliphatic carbocycles. The van der Waals surface area contributed by atoms with Crippen LogP contribution in [0.4, 0.5) is 0 Å². The molecule has 1 aromatic carbocycles. The van der Waals surface area contributed by atoms with Crippen molar-refractivity contribution in [3.05, 3.63) is 48.0 Å². The number of hydrogen-bond donors (Lipinski definition) is 16. The third kappa shape index (κ3) is 22.0. The molecule has 0 unspecified atom stereocenters. The van der Waals surface area contributed by atoms with Crippen molar-refractivity contribution in [3.8, 4) is 5.75 Å². The molecule has 8 amide bonds. The van der Waals surface area contributed by atoms with Crippen LogP contribution in [0.25, 0.3) is 0 Å². The molecule has 0 saturated carbocycles. The molecule has 2 rings (SSSR count). The lowest BCUT2D eigenvalue weighted by molar-refractivity contribution is -0.143. The minimum atomic E-state index is -2.00. The standard InChI is InChI=1S/C48H73N11O17/c1-8-24(6)38(46(73)59-39(25(7)61)47(74)57-35(48(75)76)14-23(4)5)58-45(72)34(18-37(65)66)56-42(69)31(15-26-9-11-28(62)12-10-26)54-44(71)33(17-36(63)64)55-41(68)30(13-22(2)3)53-43(70)32(16-27-19-50-21-51-27)52-40(67)29(49)20-60/h9-12,19,21-25,29-35,38-39,60-62H,8,13-18,20,49H2,1-7H3,(H,50,51)(H,52,67)(H,53,70)(H,54,71)(H,55,68)(H,56,69)(H,57,74)(H,58,72)(H,59,73)(H,63,64)(H,65,66)(H,75,76)/t24-,25+,29-,30-,31-,32-,33-,34-,35-,38-,39-/m0/s1. The van der Waals surface area contributed by atoms with Crippen molar-refractivity contribution in [2.24, 2.45) is 23.5 Å². The number of aliphatic carboxylic acids is 3. The summed E-state index contributed by atoms with van der Waals surface area (Å²) in [7, 11) is 0. The number of phenols is 1. The number of carboxylic acids is 3. The van der Waals surface area contributed by atoms with Gasteiger partial charge in [-0.2, -0.15) is 0 Å². The number of nitrogens with one attached hydrogen (secondary N) is 9. The van der Waals surface area contributed by atoms with Gasteiger partial charge in [-0.25, -0.2) is 9.78 Å². The van der Waals surface area contributed by atoms with E-state index < -0.39 is 157 Å². The molecule has 0 saturated heterocycles. The molecule has 422 valence electrons. The number of rotatable bonds is 33. The second kappa shape index (κ2) is 31.2. The normalized spacial score (nSPS) is 15.6. The number of aliphatic hydroxyl groups is 2. The highest BCUT2D eigenvalue weighted by Gasteiger charge is 2.38. The number of aromatic hydroxyl groups is 1. The van der Waals surface area contributed by atoms with Crippen LogP contribution in [0.5, 0.6) is 5.75 Å². The van der Waals surface area contributed by atoms with Gasteiger partial charge < -0.3 is 83.9 Å². The third-order valence-corrected chi connectivity index (χ3v) is 11.7. The SMILES string of the molecule is CC[C@H](C)[C@H](NC(=O)[C@H](CC(=O)O)NC(=O)[C@H](Cc1ccc(O)cc1)NC(=O)[C@H](CC(=O)O)NC(=O)[C@H](CC(C)C)NC(=O)[C@H](Cc1cnc[nH]1)NC(=O)[C@@H](N)CO)C(=O)N[C@H](C(=O)N[C@@H](CC(C)C)C(=O)O)[C@@H](C)O. The van der Waals surface area contributed by atoms with Gasteiger partial charge in [0.05, 0.1) is 31.9 Å². The van der Waals surface area contributed by atoms with Crippen LogP contribution in [-0.2, 0) is 65.6 Å². The van der Waals surface area contributed by atoms with Crippen molar-refractivity contribution < 1.29 is 83.4 Å². The topological polar surface area (TPSA) is 460 Å². The van der Waals surface area contributed by atoms with E-state index in [1.165, 1.54) is 43.7 Å². The number of carboxylic acid groups (broad SMARTS) is 3. The molecule has 28 heteroatoms. The monoisotopic (exact) mass is 1080 g/mol. The third-order valence-electron chi connectivity index (χ3n) is 11.7. The van der Waals surface area contributed by atoms with Gasteiger partial charge in [0.2, 0.25) is 47.3 Å². The number of hydrogen-bond acceptors (Lipinski definition) is 16. The van der Waals surface area contributed by atoms with Gasteiger partial charge in [0, 0.05) is 24.7 Å². The molecule has 17 N–H and O–H groups in total. The zero-order chi connectivity index (χ0) is 57.6. The van der Waals surface area contributed by atoms with Crippen molar-refractivity contribution in [3.63, 3.8) is 0 Å². The predicted molar refractivity (Wildman–Crippen MR) is 267 cm³/mol. The summed E-state index contributed by atoms with van der Waals surface area (Å²) in [5, 5.41) is 78.0. The van der Waals surface area contributed by atoms with Gasteiger partial charge in [0.25, 0.3) is 0 Å². The van der Waals surface area contributed by atoms with Crippen LogP contribution in [0.3, 0.4) is 0 Å². The van der Waals surface area contributed by atoms with E-state index in [0.29, 0.717) is 5.69 Å². The molecule has 28 nitrogen and oxygen atoms in total. The maximum Gasteiger partial charge on any atom is 0.326 e. The number of benzene rings is 1. The van der Waals surface area contributed by atoms with Gasteiger partial charge >= 0.3 is 17.9 Å². The van der Waals surface area contributed by atoms with Crippen molar-refractivity contribution in [1.82, 2.24) is 52.5 Å². The van der Waals surface area contributed by atoms with E-state index >= 15 is 0 Å². The van der Waals surface area contributed by atoms with Crippen LogP contribution in [0.2, 0.25) is 0 Å². The summed E-state index contributed by atoms with van der Waals surface area (Å²) in [6.45, 7) is 10.3. The number of aromatic nitrogens is 2. The quantitative estimate of drug-likeness (QED) is 0.0332. The lowest BCUT2D eigenvalue weighted by atomic mass is 9.96. The molecule has 0 aliphatic heterocycles. The van der Waals surface area contributed by atoms with Gasteiger partial charge in [-0.1, -0.05) is 60.1 Å². The number of carbonyl (C=O) groups excluding carboxylic acids is 8. The van der Waals surface area contributed by atoms with E-state index in [1.807, 2.05) is 0 Å². The second-order valence-electron chi connectivity index (χ2n) is 19.2. The highest BCUT2D eigenvalue weighted by Crippen LogP contribution is 2.15. The lowest BCUT2D eigenvalue weighted by Crippen LogP contribution is -2.62. The van der Waals surface area contributed by atoms with Gasteiger partial charge in [-0.05, 0) is 55.2 Å². The zero-order valence-electron chi connectivity index (χ0n) is 43.3. The van der Waals surface area contributed by atoms with Crippen LogP contribution >= 0.6 is 0 Å². The Morgan fingerprint density at radius 2 is 0.987 bits per heavy atom. The Balaban J connectivity index is 2.50. The predicted octanol–water partition coefficient (Wildman–Crippen LogP) is -3.35. The summed E-state index contributed by atoms with van der Waals surface area (Å²) in [5.74, 6) is -14.8. The van der Waals surface area contributed by atoms with Crippen molar-refractivity contribution in [2.75, 3.05) is 6.61 Å². The smallest absolute Gasteiger partial charge is 0.326 e. The number of phenolic OH excluding ortho intramolecular Hbond substituents is 1. The number of nitrogens with zero attached hydrogens (tertiary/aromatic N) is 1. The fourth-order valence-corrected chi connectivity index (χ4v) is 7.38. The van der Waals surface area contributed by atoms with Crippen molar-refractivity contribution in [2.45, 2.75) is 154 Å². The summed E-state index contributed by atoms with van der Waals surface area (Å²) in [6, 6.07) is -9.58. The number of amides is 8. The number of H-pyrrole nitrogens is 1. The number of aliphatic hydroxyl groups excluding tert-OH is 2. The molecule has 0 aliphatic rings. The van der Waals surface area contributed by atoms with E-state index in [1.54, 1.807) is 34.6 Å². The Hall–Kier alpha value is -7.72. The summed E-state index contributed by atoms with van der Waals surface area (Å²) in [5.41, 5.74) is 6.28. The molecule has 76 heavy (non-hydrogen) atoms. The Kier molecular flexibility index (Phi) is 26.5. The van der Waals surface area contributed by atoms with Crippen LogP contribution in [-0.4, -0.2) is 173 Å². The van der Waals surface area contributed by atoms with Crippen molar-refractivity contribution >= 4 is 65.2 Å². The summed E-state index contributed by atoms with van der Waals surface area (Å²) >= 11 is 0. The molecular weight excluding hydrogens is 1000 g/mol. The summed E-state index contributed by atoms with van der Waals surface area (Å²) in [6.07, 6.45) is -1.66. The van der Waals surface area contributed by atoms with E-state index in [4.69, 9.17) is 5.73 Å². The maximum absolute atomic E-state index is 14.2. The average molecular weight is 1080 g/mol. The molecule has 11 atom stereocenters. The first-order valence-corrected chi connectivity index (χ1v) is 24.5. The van der Waals surface area contributed by atoms with Gasteiger partial charge in [-0.15, -0.1) is 0 Å². The van der Waals surface area contributed by atoms with E-state index in [2.05, 4.69) is 52.5 Å². The average Bonchev–Trinajstić information content (AvgIpc) is 3.85. The number of aromatic amines is 1. The molecule has 0 fully saturated rings. The number of nitrogens with two attached hydrogens (primary N) is 1. The molecule has 0 radical (unpaired) electrons. The Morgan fingerprint density at radius 1 is 0.566 bits per heavy atom. The van der Waals surface area contributed by atoms with Gasteiger partial charge in [-0.3, -0.25) is 47.9 Å². The largest absolute Gasteiger partial charge is 0.508 e. The first-order chi connectivity index (χ1) is 35.6. The van der Waals surface area contributed by atoms with E-state index in [-0.39, 0.29) is 48.8 Å². The Bertz CT molecular complexity index is 2310. The number of imidazole rings is 1. The molecule has 0 bridgehead atoms. The fraction of sp³-hybridized carbons (Fsp3) is 0.583. The van der Waals surface area contributed by atoms with E-state index in [0.717, 1.165) is 6.92 Å². The molecular formula is C48H73N11O17. The van der Waals surface area contributed by atoms with Gasteiger partial charge in [0.15, 0.2) is 0 Å². The van der Waals surface area contributed by atoms with E-state index in [9.17, 15) is 83.4 Å². The Morgan fingerprint density at radius 3 is 1.45 bits per heavy atom. The highest BCUT2D eigenvalue weighted by atomic mass is 16.4. The molecule has 2 aromatic rings. The summed E-state index contributed by atoms with van der Waals surface area (Å²) in [4.78, 5) is 153. The van der Waals surface area contributed by atoms with Crippen molar-refractivity contribution in [1.29, 1.82) is 0 Å². The molecule has 0 spiro atoms. The first kappa shape index (κ1) is 64.4. The van der Waals surface area contributed by atoms with Crippen LogP contribution in [0.15, 0.2) is 36.8 Å². The highest BCUT2D eigenvalue weighted by molar-refractivity contribution is 5.99. The summed E-state index contributed by atoms with van der Waals surface area (Å²) < 4.78 is 0. The van der Waals surface area contributed by atoms with Crippen LogP contribution in [0.1, 0.15) is 91.8 Å². The first-order valence-electron chi connectivity index (χ1n) is 24.5. The number of carbonyl (C=O) groups is 11. The Labute approximate surface area is 437 Å². The molecule has 1 heterocycles. The minimum Gasteiger partial charge on any atom is -0.508 e. The minimum absolute atomic E-state index is 0.00627. The molecule has 1 aromatic heterocycles.